The van der Waals surface area contributed by atoms with Crippen LogP contribution in [0.1, 0.15) is 13.3 Å². The van der Waals surface area contributed by atoms with Crippen molar-refractivity contribution in [1.82, 2.24) is 0 Å². The second kappa shape index (κ2) is 7.17. The van der Waals surface area contributed by atoms with Crippen LogP contribution in [-0.4, -0.2) is 25.4 Å². The van der Waals surface area contributed by atoms with Gasteiger partial charge in [0.25, 0.3) is 0 Å². The molecule has 0 saturated heterocycles. The summed E-state index contributed by atoms with van der Waals surface area (Å²) in [5.74, 6) is -0.157. The number of carbonyl (C=O) groups is 1. The third-order valence-electron chi connectivity index (χ3n) is 2.05. The summed E-state index contributed by atoms with van der Waals surface area (Å²) in [5.41, 5.74) is 1.03. The van der Waals surface area contributed by atoms with Crippen molar-refractivity contribution < 1.29 is 9.53 Å². The first kappa shape index (κ1) is 12.9. The number of nitrogens with one attached hydrogen (secondary N) is 1. The van der Waals surface area contributed by atoms with Gasteiger partial charge < -0.3 is 10.1 Å². The molecular formula is C12H17NO2S. The largest absolute Gasteiger partial charge is 0.466 e. The van der Waals surface area contributed by atoms with Gasteiger partial charge in [0.2, 0.25) is 0 Å². The minimum absolute atomic E-state index is 0.157. The molecule has 0 aliphatic heterocycles. The van der Waals surface area contributed by atoms with Gasteiger partial charge in [-0.3, -0.25) is 4.79 Å². The average molecular weight is 239 g/mol. The van der Waals surface area contributed by atoms with Gasteiger partial charge in [-0.05, 0) is 37.4 Å². The van der Waals surface area contributed by atoms with E-state index in [0.717, 1.165) is 5.69 Å². The molecule has 0 aromatic heterocycles. The molecule has 0 unspecified atom stereocenters. The van der Waals surface area contributed by atoms with Gasteiger partial charge in [0.05, 0.1) is 13.0 Å². The second-order valence-corrected chi connectivity index (χ2v) is 4.09. The number of hydrogen-bond acceptors (Lipinski definition) is 4. The summed E-state index contributed by atoms with van der Waals surface area (Å²) in [4.78, 5) is 12.3. The van der Waals surface area contributed by atoms with Gasteiger partial charge in [-0.1, -0.05) is 0 Å². The highest BCUT2D eigenvalue weighted by molar-refractivity contribution is 7.98. The van der Waals surface area contributed by atoms with Crippen molar-refractivity contribution in [1.29, 1.82) is 0 Å². The molecule has 0 fully saturated rings. The van der Waals surface area contributed by atoms with E-state index >= 15 is 0 Å². The zero-order chi connectivity index (χ0) is 11.8. The molecule has 1 N–H and O–H groups in total. The Morgan fingerprint density at radius 1 is 1.38 bits per heavy atom. The number of ether oxygens (including phenoxy) is 1. The molecule has 0 bridgehead atoms. The molecule has 88 valence electrons. The summed E-state index contributed by atoms with van der Waals surface area (Å²) in [6.45, 7) is 2.87. The maximum absolute atomic E-state index is 11.1. The molecule has 0 spiro atoms. The van der Waals surface area contributed by atoms with Gasteiger partial charge in [0.1, 0.15) is 0 Å². The van der Waals surface area contributed by atoms with Crippen LogP contribution in [-0.2, 0) is 9.53 Å². The van der Waals surface area contributed by atoms with Crippen LogP contribution >= 0.6 is 11.8 Å². The molecule has 3 nitrogen and oxygen atoms in total. The monoisotopic (exact) mass is 239 g/mol. The van der Waals surface area contributed by atoms with Crippen molar-refractivity contribution in [3.63, 3.8) is 0 Å². The fourth-order valence-electron chi connectivity index (χ4n) is 1.25. The number of anilines is 1. The number of carbonyl (C=O) groups excluding carboxylic acids is 1. The highest BCUT2D eigenvalue weighted by Crippen LogP contribution is 2.17. The van der Waals surface area contributed by atoms with E-state index in [-0.39, 0.29) is 5.97 Å². The lowest BCUT2D eigenvalue weighted by Crippen LogP contribution is -2.11. The van der Waals surface area contributed by atoms with E-state index in [1.807, 2.05) is 25.3 Å². The van der Waals surface area contributed by atoms with Crippen LogP contribution in [0.15, 0.2) is 29.2 Å². The molecule has 0 heterocycles. The van der Waals surface area contributed by atoms with Crippen LogP contribution in [0.5, 0.6) is 0 Å². The molecule has 1 rings (SSSR count). The molecule has 1 aromatic rings. The van der Waals surface area contributed by atoms with Crippen LogP contribution in [0.25, 0.3) is 0 Å². The highest BCUT2D eigenvalue weighted by atomic mass is 32.2. The van der Waals surface area contributed by atoms with Crippen LogP contribution in [0, 0.1) is 0 Å². The fraction of sp³-hybridized carbons (Fsp3) is 0.417. The number of esters is 1. The first-order valence-electron chi connectivity index (χ1n) is 5.29. The SMILES string of the molecule is CCOC(=O)CCNc1ccc(SC)cc1. The van der Waals surface area contributed by atoms with Crippen LogP contribution in [0.4, 0.5) is 5.69 Å². The maximum atomic E-state index is 11.1. The van der Waals surface area contributed by atoms with E-state index in [4.69, 9.17) is 4.74 Å². The lowest BCUT2D eigenvalue weighted by molar-refractivity contribution is -0.142. The summed E-state index contributed by atoms with van der Waals surface area (Å²) < 4.78 is 4.83. The molecular weight excluding hydrogens is 222 g/mol. The zero-order valence-corrected chi connectivity index (χ0v) is 10.5. The standard InChI is InChI=1S/C12H17NO2S/c1-3-15-12(14)8-9-13-10-4-6-11(16-2)7-5-10/h4-7,13H,3,8-9H2,1-2H3. The first-order valence-corrected chi connectivity index (χ1v) is 6.52. The lowest BCUT2D eigenvalue weighted by Gasteiger charge is -2.06. The van der Waals surface area contributed by atoms with Crippen molar-refractivity contribution >= 4 is 23.4 Å². The van der Waals surface area contributed by atoms with E-state index in [0.29, 0.717) is 19.6 Å². The van der Waals surface area contributed by atoms with Gasteiger partial charge >= 0.3 is 5.97 Å². The van der Waals surface area contributed by atoms with E-state index in [1.165, 1.54) is 4.90 Å². The lowest BCUT2D eigenvalue weighted by atomic mass is 10.3. The third-order valence-corrected chi connectivity index (χ3v) is 2.80. The predicted molar refractivity (Wildman–Crippen MR) is 68.0 cm³/mol. The molecule has 1 aromatic carbocycles. The third kappa shape index (κ3) is 4.57. The molecule has 0 amide bonds. The quantitative estimate of drug-likeness (QED) is 0.612. The number of thioether (sulfide) groups is 1. The Labute approximate surface area is 101 Å². The fourth-order valence-corrected chi connectivity index (χ4v) is 1.66. The highest BCUT2D eigenvalue weighted by Gasteiger charge is 2.00. The predicted octanol–water partition coefficient (Wildman–Crippen LogP) is 2.77. The Morgan fingerprint density at radius 2 is 2.06 bits per heavy atom. The minimum Gasteiger partial charge on any atom is -0.466 e. The zero-order valence-electron chi connectivity index (χ0n) is 9.66. The number of hydrogen-bond donors (Lipinski definition) is 1. The Morgan fingerprint density at radius 3 is 2.62 bits per heavy atom. The normalized spacial score (nSPS) is 9.88. The minimum atomic E-state index is -0.157. The summed E-state index contributed by atoms with van der Waals surface area (Å²) >= 11 is 1.71. The Bertz CT molecular complexity index is 324. The van der Waals surface area contributed by atoms with Gasteiger partial charge in [-0.25, -0.2) is 0 Å². The molecule has 0 aliphatic rings. The van der Waals surface area contributed by atoms with Crippen LogP contribution < -0.4 is 5.32 Å². The van der Waals surface area contributed by atoms with Crippen molar-refractivity contribution in [2.24, 2.45) is 0 Å². The molecule has 0 aliphatic carbocycles. The summed E-state index contributed by atoms with van der Waals surface area (Å²) in [6.07, 6.45) is 2.45. The Kier molecular flexibility index (Phi) is 5.78. The van der Waals surface area contributed by atoms with E-state index < -0.39 is 0 Å². The van der Waals surface area contributed by atoms with Crippen molar-refractivity contribution in [3.05, 3.63) is 24.3 Å². The first-order chi connectivity index (χ1) is 7.76. The Hall–Kier alpha value is -1.16. The van der Waals surface area contributed by atoms with Crippen LogP contribution in [0.2, 0.25) is 0 Å². The summed E-state index contributed by atoms with van der Waals surface area (Å²) in [6, 6.07) is 8.13. The molecule has 0 saturated carbocycles. The number of benzene rings is 1. The summed E-state index contributed by atoms with van der Waals surface area (Å²) in [5, 5.41) is 3.18. The summed E-state index contributed by atoms with van der Waals surface area (Å²) in [7, 11) is 0. The maximum Gasteiger partial charge on any atom is 0.307 e. The van der Waals surface area contributed by atoms with Gasteiger partial charge in [-0.2, -0.15) is 0 Å². The van der Waals surface area contributed by atoms with Crippen molar-refractivity contribution in [2.75, 3.05) is 24.7 Å². The van der Waals surface area contributed by atoms with E-state index in [2.05, 4.69) is 17.4 Å². The second-order valence-electron chi connectivity index (χ2n) is 3.21. The van der Waals surface area contributed by atoms with Crippen molar-refractivity contribution in [2.45, 2.75) is 18.2 Å². The molecule has 0 radical (unpaired) electrons. The van der Waals surface area contributed by atoms with Gasteiger partial charge in [0, 0.05) is 17.1 Å². The topological polar surface area (TPSA) is 38.3 Å². The molecule has 4 heteroatoms. The average Bonchev–Trinajstić information content (AvgIpc) is 2.30. The van der Waals surface area contributed by atoms with Crippen LogP contribution in [0.3, 0.4) is 0 Å². The van der Waals surface area contributed by atoms with Gasteiger partial charge in [0.15, 0.2) is 0 Å². The van der Waals surface area contributed by atoms with Gasteiger partial charge in [-0.15, -0.1) is 11.8 Å². The van der Waals surface area contributed by atoms with E-state index in [1.54, 1.807) is 11.8 Å². The molecule has 0 atom stereocenters. The number of rotatable bonds is 6. The molecule has 16 heavy (non-hydrogen) atoms. The Balaban J connectivity index is 2.29. The van der Waals surface area contributed by atoms with E-state index in [9.17, 15) is 4.79 Å². The smallest absolute Gasteiger partial charge is 0.307 e. The van der Waals surface area contributed by atoms with Crippen molar-refractivity contribution in [3.8, 4) is 0 Å².